The molecule has 0 spiro atoms. The van der Waals surface area contributed by atoms with Gasteiger partial charge in [-0.2, -0.15) is 0 Å². The van der Waals surface area contributed by atoms with Crippen molar-refractivity contribution in [1.29, 1.82) is 0 Å². The third-order valence-corrected chi connectivity index (χ3v) is 4.91. The van der Waals surface area contributed by atoms with Gasteiger partial charge in [0.1, 0.15) is 5.54 Å². The second-order valence-electron chi connectivity index (χ2n) is 5.97. The average molecular weight is 254 g/mol. The molecule has 4 heteroatoms. The number of nitrogens with one attached hydrogen (secondary N) is 1. The van der Waals surface area contributed by atoms with Gasteiger partial charge in [0.25, 0.3) is 0 Å². The molecule has 0 amide bonds. The molecule has 2 rings (SSSR count). The summed E-state index contributed by atoms with van der Waals surface area (Å²) in [5.74, 6) is 0.154. The normalized spacial score (nSPS) is 37.2. The maximum Gasteiger partial charge on any atom is 0.323 e. The van der Waals surface area contributed by atoms with Crippen LogP contribution in [0.5, 0.6) is 0 Å². The van der Waals surface area contributed by atoms with Gasteiger partial charge in [0.05, 0.1) is 0 Å². The molecule has 1 saturated heterocycles. The van der Waals surface area contributed by atoms with Crippen LogP contribution in [-0.2, 0) is 4.79 Å². The van der Waals surface area contributed by atoms with Crippen molar-refractivity contribution in [2.75, 3.05) is 20.1 Å². The summed E-state index contributed by atoms with van der Waals surface area (Å²) in [6.07, 6.45) is 6.42. The van der Waals surface area contributed by atoms with E-state index in [1.54, 1.807) is 7.05 Å². The molecule has 1 aliphatic heterocycles. The van der Waals surface area contributed by atoms with Crippen LogP contribution in [0, 0.1) is 5.92 Å². The van der Waals surface area contributed by atoms with Crippen molar-refractivity contribution in [3.63, 3.8) is 0 Å². The topological polar surface area (TPSA) is 52.6 Å². The Balaban J connectivity index is 1.91. The van der Waals surface area contributed by atoms with Crippen molar-refractivity contribution in [2.45, 2.75) is 57.0 Å². The lowest BCUT2D eigenvalue weighted by Gasteiger charge is -2.27. The van der Waals surface area contributed by atoms with Crippen LogP contribution in [-0.4, -0.2) is 47.7 Å². The van der Waals surface area contributed by atoms with Crippen molar-refractivity contribution in [1.82, 2.24) is 10.2 Å². The number of likely N-dealkylation sites (N-methyl/N-ethyl adjacent to an activating group) is 1. The quantitative estimate of drug-likeness (QED) is 0.784. The van der Waals surface area contributed by atoms with E-state index in [-0.39, 0.29) is 0 Å². The summed E-state index contributed by atoms with van der Waals surface area (Å²) in [4.78, 5) is 13.9. The first-order chi connectivity index (χ1) is 8.61. The summed E-state index contributed by atoms with van der Waals surface area (Å²) in [7, 11) is 1.78. The molecule has 4 nitrogen and oxygen atoms in total. The molecule has 0 aromatic rings. The maximum atomic E-state index is 11.4. The Kier molecular flexibility index (Phi) is 4.28. The molecule has 0 radical (unpaired) electrons. The number of rotatable bonds is 5. The van der Waals surface area contributed by atoms with E-state index in [0.717, 1.165) is 31.7 Å². The SMILES string of the molecule is CCCC1CCN(C2CCC(NC)(C(=O)O)C2)C1. The first-order valence-electron chi connectivity index (χ1n) is 7.27. The smallest absolute Gasteiger partial charge is 0.323 e. The molecule has 18 heavy (non-hydrogen) atoms. The lowest BCUT2D eigenvalue weighted by Crippen LogP contribution is -2.49. The molecule has 1 aliphatic carbocycles. The Labute approximate surface area is 110 Å². The fourth-order valence-electron chi connectivity index (χ4n) is 3.70. The third-order valence-electron chi connectivity index (χ3n) is 4.91. The van der Waals surface area contributed by atoms with E-state index >= 15 is 0 Å². The molecule has 1 saturated carbocycles. The Hall–Kier alpha value is -0.610. The third kappa shape index (κ3) is 2.54. The Morgan fingerprint density at radius 3 is 2.83 bits per heavy atom. The highest BCUT2D eigenvalue weighted by molar-refractivity contribution is 5.79. The highest BCUT2D eigenvalue weighted by atomic mass is 16.4. The Bertz CT molecular complexity index is 308. The maximum absolute atomic E-state index is 11.4. The van der Waals surface area contributed by atoms with Gasteiger partial charge in [-0.1, -0.05) is 13.3 Å². The lowest BCUT2D eigenvalue weighted by atomic mass is 9.98. The molecule has 104 valence electrons. The molecular formula is C14H26N2O2. The van der Waals surface area contributed by atoms with Crippen LogP contribution >= 0.6 is 0 Å². The molecule has 3 unspecified atom stereocenters. The second-order valence-corrected chi connectivity index (χ2v) is 5.97. The van der Waals surface area contributed by atoms with Gasteiger partial charge < -0.3 is 15.3 Å². The predicted molar refractivity (Wildman–Crippen MR) is 71.7 cm³/mol. The zero-order chi connectivity index (χ0) is 13.2. The second kappa shape index (κ2) is 5.57. The van der Waals surface area contributed by atoms with E-state index in [1.165, 1.54) is 25.8 Å². The molecule has 2 fully saturated rings. The summed E-state index contributed by atoms with van der Waals surface area (Å²) >= 11 is 0. The summed E-state index contributed by atoms with van der Waals surface area (Å²) < 4.78 is 0. The number of nitrogens with zero attached hydrogens (tertiary/aromatic N) is 1. The molecule has 3 atom stereocenters. The number of likely N-dealkylation sites (tertiary alicyclic amines) is 1. The van der Waals surface area contributed by atoms with Gasteiger partial charge in [-0.15, -0.1) is 0 Å². The summed E-state index contributed by atoms with van der Waals surface area (Å²) in [6.45, 7) is 4.58. The minimum absolute atomic E-state index is 0.468. The number of aliphatic carboxylic acids is 1. The number of hydrogen-bond acceptors (Lipinski definition) is 3. The summed E-state index contributed by atoms with van der Waals surface area (Å²) in [5, 5.41) is 12.4. The Morgan fingerprint density at radius 1 is 1.50 bits per heavy atom. The average Bonchev–Trinajstić information content (AvgIpc) is 2.95. The van der Waals surface area contributed by atoms with E-state index in [2.05, 4.69) is 17.1 Å². The zero-order valence-corrected chi connectivity index (χ0v) is 11.6. The van der Waals surface area contributed by atoms with E-state index < -0.39 is 11.5 Å². The number of carboxylic acids is 1. The van der Waals surface area contributed by atoms with Gasteiger partial charge in [0, 0.05) is 12.6 Å². The van der Waals surface area contributed by atoms with Crippen molar-refractivity contribution in [3.05, 3.63) is 0 Å². The molecule has 0 aromatic carbocycles. The Morgan fingerprint density at radius 2 is 2.28 bits per heavy atom. The molecule has 0 bridgehead atoms. The van der Waals surface area contributed by atoms with Gasteiger partial charge >= 0.3 is 5.97 Å². The van der Waals surface area contributed by atoms with Gasteiger partial charge in [-0.05, 0) is 51.6 Å². The van der Waals surface area contributed by atoms with Crippen LogP contribution in [0.2, 0.25) is 0 Å². The van der Waals surface area contributed by atoms with Crippen LogP contribution < -0.4 is 5.32 Å². The van der Waals surface area contributed by atoms with Crippen LogP contribution in [0.15, 0.2) is 0 Å². The largest absolute Gasteiger partial charge is 0.480 e. The van der Waals surface area contributed by atoms with E-state index in [1.807, 2.05) is 0 Å². The molecule has 0 aromatic heterocycles. The van der Waals surface area contributed by atoms with Crippen molar-refractivity contribution >= 4 is 5.97 Å². The standard InChI is InChI=1S/C14H26N2O2/c1-3-4-11-6-8-16(10-11)12-5-7-14(9-12,15-2)13(17)18/h11-12,15H,3-10H2,1-2H3,(H,17,18). The zero-order valence-electron chi connectivity index (χ0n) is 11.6. The van der Waals surface area contributed by atoms with E-state index in [0.29, 0.717) is 6.04 Å². The van der Waals surface area contributed by atoms with Crippen LogP contribution in [0.25, 0.3) is 0 Å². The van der Waals surface area contributed by atoms with E-state index in [9.17, 15) is 9.90 Å². The minimum Gasteiger partial charge on any atom is -0.480 e. The van der Waals surface area contributed by atoms with Crippen LogP contribution in [0.1, 0.15) is 45.4 Å². The number of carbonyl (C=O) groups is 1. The van der Waals surface area contributed by atoms with Gasteiger partial charge in [-0.3, -0.25) is 4.79 Å². The highest BCUT2D eigenvalue weighted by Gasteiger charge is 2.46. The first kappa shape index (κ1) is 13.8. The van der Waals surface area contributed by atoms with Crippen LogP contribution in [0.4, 0.5) is 0 Å². The molecule has 1 heterocycles. The highest BCUT2D eigenvalue weighted by Crippen LogP contribution is 2.36. The summed E-state index contributed by atoms with van der Waals surface area (Å²) in [6, 6.07) is 0.468. The first-order valence-corrected chi connectivity index (χ1v) is 7.27. The molecule has 2 N–H and O–H groups in total. The van der Waals surface area contributed by atoms with Gasteiger partial charge in [-0.25, -0.2) is 0 Å². The molecular weight excluding hydrogens is 228 g/mol. The van der Waals surface area contributed by atoms with Crippen molar-refractivity contribution < 1.29 is 9.90 Å². The summed E-state index contributed by atoms with van der Waals surface area (Å²) in [5.41, 5.74) is -0.673. The fraction of sp³-hybridized carbons (Fsp3) is 0.929. The number of carboxylic acid groups (broad SMARTS) is 1. The monoisotopic (exact) mass is 254 g/mol. The van der Waals surface area contributed by atoms with Gasteiger partial charge in [0.15, 0.2) is 0 Å². The van der Waals surface area contributed by atoms with Gasteiger partial charge in [0.2, 0.25) is 0 Å². The van der Waals surface area contributed by atoms with E-state index in [4.69, 9.17) is 0 Å². The number of hydrogen-bond donors (Lipinski definition) is 2. The fourth-order valence-corrected chi connectivity index (χ4v) is 3.70. The van der Waals surface area contributed by atoms with Crippen LogP contribution in [0.3, 0.4) is 0 Å². The predicted octanol–water partition coefficient (Wildman–Crippen LogP) is 1.70. The molecule has 2 aliphatic rings. The minimum atomic E-state index is -0.684. The lowest BCUT2D eigenvalue weighted by molar-refractivity contribution is -0.144. The van der Waals surface area contributed by atoms with Crippen molar-refractivity contribution in [3.8, 4) is 0 Å². The van der Waals surface area contributed by atoms with Crippen molar-refractivity contribution in [2.24, 2.45) is 5.92 Å².